The minimum atomic E-state index is -0.568. The van der Waals surface area contributed by atoms with Gasteiger partial charge >= 0.3 is 0 Å². The van der Waals surface area contributed by atoms with Crippen LogP contribution < -0.4 is 22.1 Å². The second-order valence-corrected chi connectivity index (χ2v) is 5.48. The van der Waals surface area contributed by atoms with Gasteiger partial charge in [0.2, 0.25) is 0 Å². The Balaban J connectivity index is -0.000000186. The van der Waals surface area contributed by atoms with Crippen molar-refractivity contribution in [1.29, 1.82) is 0 Å². The van der Waals surface area contributed by atoms with Gasteiger partial charge in [0.25, 0.3) is 11.6 Å². The summed E-state index contributed by atoms with van der Waals surface area (Å²) in [5.74, 6) is -0.504. The van der Waals surface area contributed by atoms with E-state index < -0.39 is 10.8 Å². The van der Waals surface area contributed by atoms with Gasteiger partial charge in [0.05, 0.1) is 10.6 Å². The van der Waals surface area contributed by atoms with Crippen LogP contribution in [-0.2, 0) is 4.79 Å². The van der Waals surface area contributed by atoms with E-state index in [-0.39, 0.29) is 17.4 Å². The predicted molar refractivity (Wildman–Crippen MR) is 132 cm³/mol. The highest BCUT2D eigenvalue weighted by Gasteiger charge is 2.14. The van der Waals surface area contributed by atoms with Crippen molar-refractivity contribution in [3.8, 4) is 0 Å². The first-order valence-electron chi connectivity index (χ1n) is 10.9. The van der Waals surface area contributed by atoms with Gasteiger partial charge in [0.1, 0.15) is 17.6 Å². The number of nitrogens with one attached hydrogen (secondary N) is 2. The molecule has 0 aromatic carbocycles. The van der Waals surface area contributed by atoms with Crippen LogP contribution in [-0.4, -0.2) is 42.2 Å². The summed E-state index contributed by atoms with van der Waals surface area (Å²) in [4.78, 5) is 34.0. The molecule has 0 bridgehead atoms. The van der Waals surface area contributed by atoms with Gasteiger partial charge in [-0.15, -0.1) is 0 Å². The van der Waals surface area contributed by atoms with E-state index in [2.05, 4.69) is 29.5 Å². The lowest BCUT2D eigenvalue weighted by Crippen LogP contribution is -2.37. The largest absolute Gasteiger partial charge is 0.388 e. The number of pyridine rings is 1. The van der Waals surface area contributed by atoms with Gasteiger partial charge in [-0.2, -0.15) is 0 Å². The summed E-state index contributed by atoms with van der Waals surface area (Å²) in [7, 11) is 3.35. The molecule has 0 aliphatic carbocycles. The molecular weight excluding hydrogens is 412 g/mol. The number of unbranched alkanes of at least 4 members (excludes halogenated alkanes) is 1. The van der Waals surface area contributed by atoms with Crippen molar-refractivity contribution in [2.24, 2.45) is 11.5 Å². The van der Waals surface area contributed by atoms with Crippen molar-refractivity contribution in [3.63, 3.8) is 0 Å². The molecule has 6 N–H and O–H groups in total. The third-order valence-corrected chi connectivity index (χ3v) is 3.45. The summed E-state index contributed by atoms with van der Waals surface area (Å²) in [5.41, 5.74) is 12.0. The number of amides is 1. The van der Waals surface area contributed by atoms with E-state index in [9.17, 15) is 19.7 Å². The number of nitrogens with two attached hydrogens (primary N) is 2. The van der Waals surface area contributed by atoms with Gasteiger partial charge in [-0.25, -0.2) is 4.98 Å². The first kappa shape index (κ1) is 36.4. The summed E-state index contributed by atoms with van der Waals surface area (Å²) in [6.07, 6.45) is 4.96. The number of carbonyl (C=O) groups is 2. The SMILES string of the molecule is CC.CC.CCCC.CC[C@H](N)/C(NC)=C(\NC)C(N)=O.O=Cc1ccc([N+](=O)[O-])cn1. The molecule has 0 saturated carbocycles. The fraction of sp³-hybridized carbons (Fsp3) is 0.591. The highest BCUT2D eigenvalue weighted by Crippen LogP contribution is 2.07. The molecule has 186 valence electrons. The predicted octanol–water partition coefficient (Wildman–Crippen LogP) is 3.52. The van der Waals surface area contributed by atoms with Gasteiger partial charge in [-0.3, -0.25) is 19.7 Å². The van der Waals surface area contributed by atoms with Crippen LogP contribution in [0.1, 0.15) is 78.2 Å². The van der Waals surface area contributed by atoms with Crippen LogP contribution in [0.15, 0.2) is 29.7 Å². The topological polar surface area (TPSA) is 166 Å². The summed E-state index contributed by atoms with van der Waals surface area (Å²) >= 11 is 0. The molecule has 0 saturated heterocycles. The Morgan fingerprint density at radius 2 is 1.62 bits per heavy atom. The molecule has 0 aliphatic rings. The van der Waals surface area contributed by atoms with Crippen LogP contribution in [0.4, 0.5) is 5.69 Å². The zero-order valence-electron chi connectivity index (χ0n) is 21.2. The molecule has 1 rings (SSSR count). The van der Waals surface area contributed by atoms with Gasteiger partial charge in [0, 0.05) is 26.2 Å². The normalized spacial score (nSPS) is 10.3. The molecule has 0 unspecified atom stereocenters. The molecule has 1 aromatic rings. The molecule has 1 heterocycles. The third-order valence-electron chi connectivity index (χ3n) is 3.45. The monoisotopic (exact) mass is 456 g/mol. The fourth-order valence-corrected chi connectivity index (χ4v) is 1.67. The Labute approximate surface area is 193 Å². The van der Waals surface area contributed by atoms with Crippen molar-refractivity contribution in [3.05, 3.63) is 45.5 Å². The van der Waals surface area contributed by atoms with Crippen molar-refractivity contribution >= 4 is 17.9 Å². The molecule has 0 radical (unpaired) electrons. The van der Waals surface area contributed by atoms with Crippen LogP contribution in [0.5, 0.6) is 0 Å². The molecule has 10 heteroatoms. The molecular formula is C22H44N6O4. The van der Waals surface area contributed by atoms with Crippen LogP contribution >= 0.6 is 0 Å². The third kappa shape index (κ3) is 17.8. The molecule has 0 spiro atoms. The maximum atomic E-state index is 11.0. The standard InChI is InChI=1S/C8H18N4O.C6H4N2O3.C4H10.2C2H6/c1-4-5(9)6(11-2)7(12-3)8(10)13;9-4-5-1-2-6(3-7-5)8(10)11;1-3-4-2;2*1-2/h5,11-12H,4,9H2,1-3H3,(H2,10,13);1-4H;3-4H2,1-2H3;2*1-2H3/b7-6+;;;;/t5-;;;;/m0..../s1. The molecule has 1 amide bonds. The molecule has 32 heavy (non-hydrogen) atoms. The highest BCUT2D eigenvalue weighted by molar-refractivity contribution is 5.92. The van der Waals surface area contributed by atoms with E-state index in [4.69, 9.17) is 11.5 Å². The number of aldehydes is 1. The van der Waals surface area contributed by atoms with E-state index >= 15 is 0 Å². The minimum absolute atomic E-state index is 0.115. The Bertz CT molecular complexity index is 632. The maximum absolute atomic E-state index is 11.0. The van der Waals surface area contributed by atoms with E-state index in [1.807, 2.05) is 34.6 Å². The van der Waals surface area contributed by atoms with E-state index in [0.717, 1.165) is 12.6 Å². The number of nitrogens with zero attached hydrogens (tertiary/aromatic N) is 2. The summed E-state index contributed by atoms with van der Waals surface area (Å²) < 4.78 is 0. The lowest BCUT2D eigenvalue weighted by atomic mass is 10.1. The molecule has 1 atom stereocenters. The van der Waals surface area contributed by atoms with E-state index in [1.54, 1.807) is 14.1 Å². The number of hydrogen-bond donors (Lipinski definition) is 4. The lowest BCUT2D eigenvalue weighted by molar-refractivity contribution is -0.385. The van der Waals surface area contributed by atoms with Crippen molar-refractivity contribution in [1.82, 2.24) is 15.6 Å². The Hall–Kier alpha value is -3.01. The number of likely N-dealkylation sites (N-methyl/N-ethyl adjacent to an activating group) is 2. The highest BCUT2D eigenvalue weighted by atomic mass is 16.6. The first-order chi connectivity index (χ1) is 15.2. The van der Waals surface area contributed by atoms with Crippen molar-refractivity contribution < 1.29 is 14.5 Å². The number of hydrogen-bond acceptors (Lipinski definition) is 8. The van der Waals surface area contributed by atoms with Gasteiger partial charge in [-0.1, -0.05) is 61.3 Å². The van der Waals surface area contributed by atoms with Crippen LogP contribution in [0.3, 0.4) is 0 Å². The van der Waals surface area contributed by atoms with Gasteiger partial charge < -0.3 is 22.1 Å². The van der Waals surface area contributed by atoms with Gasteiger partial charge in [-0.05, 0) is 12.5 Å². The van der Waals surface area contributed by atoms with Crippen molar-refractivity contribution in [2.75, 3.05) is 14.1 Å². The summed E-state index contributed by atoms with van der Waals surface area (Å²) in [6, 6.07) is 2.34. The van der Waals surface area contributed by atoms with E-state index in [1.165, 1.54) is 25.0 Å². The first-order valence-corrected chi connectivity index (χ1v) is 10.9. The molecule has 10 nitrogen and oxygen atoms in total. The zero-order valence-corrected chi connectivity index (χ0v) is 21.2. The Morgan fingerprint density at radius 1 is 1.12 bits per heavy atom. The van der Waals surface area contributed by atoms with Crippen molar-refractivity contribution in [2.45, 2.75) is 73.8 Å². The zero-order chi connectivity index (χ0) is 26.1. The number of rotatable bonds is 8. The molecule has 0 fully saturated rings. The second-order valence-electron chi connectivity index (χ2n) is 5.48. The Kier molecular flexibility index (Phi) is 29.6. The fourth-order valence-electron chi connectivity index (χ4n) is 1.67. The molecule has 1 aromatic heterocycles. The average molecular weight is 457 g/mol. The van der Waals surface area contributed by atoms with Crippen LogP contribution in [0.2, 0.25) is 0 Å². The number of primary amides is 1. The molecule has 0 aliphatic heterocycles. The minimum Gasteiger partial charge on any atom is -0.388 e. The average Bonchev–Trinajstić information content (AvgIpc) is 2.84. The van der Waals surface area contributed by atoms with E-state index in [0.29, 0.717) is 17.7 Å². The van der Waals surface area contributed by atoms with Crippen LogP contribution in [0, 0.1) is 10.1 Å². The maximum Gasteiger partial charge on any atom is 0.287 e. The number of aromatic nitrogens is 1. The van der Waals surface area contributed by atoms with Gasteiger partial charge in [0.15, 0.2) is 6.29 Å². The quantitative estimate of drug-likeness (QED) is 0.199. The second kappa shape index (κ2) is 26.0. The summed E-state index contributed by atoms with van der Waals surface area (Å²) in [6.45, 7) is 14.3. The number of nitro groups is 1. The lowest BCUT2D eigenvalue weighted by Gasteiger charge is -2.17. The Morgan fingerprint density at radius 3 is 1.84 bits per heavy atom. The smallest absolute Gasteiger partial charge is 0.287 e. The number of carbonyl (C=O) groups excluding carboxylic acids is 2. The summed E-state index contributed by atoms with van der Waals surface area (Å²) in [5, 5.41) is 15.7. The van der Waals surface area contributed by atoms with Crippen LogP contribution in [0.25, 0.3) is 0 Å².